The third-order valence-electron chi connectivity index (χ3n) is 2.82. The number of halogens is 1. The zero-order valence-corrected chi connectivity index (χ0v) is 14.4. The number of nitrogen functional groups attached to an aromatic ring is 1. The van der Waals surface area contributed by atoms with Crippen molar-refractivity contribution in [1.82, 2.24) is 4.98 Å². The number of hydrogen-bond acceptors (Lipinski definition) is 7. The van der Waals surface area contributed by atoms with Crippen molar-refractivity contribution in [3.05, 3.63) is 47.8 Å². The molecule has 0 saturated heterocycles. The second-order valence-electron chi connectivity index (χ2n) is 4.55. The van der Waals surface area contributed by atoms with Gasteiger partial charge in [-0.05, 0) is 36.8 Å². The van der Waals surface area contributed by atoms with Crippen LogP contribution in [0.3, 0.4) is 0 Å². The van der Waals surface area contributed by atoms with E-state index in [9.17, 15) is 9.18 Å². The Balaban J connectivity index is 0.000000970. The molecular weight excluding hydrogens is 345 g/mol. The van der Waals surface area contributed by atoms with Crippen molar-refractivity contribution in [3.63, 3.8) is 0 Å². The molecule has 0 aliphatic rings. The van der Waals surface area contributed by atoms with Crippen molar-refractivity contribution in [2.75, 3.05) is 23.0 Å². The average molecular weight is 363 g/mol. The highest BCUT2D eigenvalue weighted by atomic mass is 32.1. The van der Waals surface area contributed by atoms with E-state index in [0.29, 0.717) is 18.1 Å². The summed E-state index contributed by atoms with van der Waals surface area (Å²) >= 11 is 3.09. The molecule has 4 N–H and O–H groups in total. The van der Waals surface area contributed by atoms with Gasteiger partial charge in [0.2, 0.25) is 0 Å². The molecule has 132 valence electrons. The van der Waals surface area contributed by atoms with Crippen LogP contribution >= 0.6 is 12.6 Å². The Morgan fingerprint density at radius 2 is 2.00 bits per heavy atom. The average Bonchev–Trinajstić information content (AvgIpc) is 2.57. The van der Waals surface area contributed by atoms with Crippen molar-refractivity contribution < 1.29 is 13.9 Å². The van der Waals surface area contributed by atoms with E-state index in [1.165, 1.54) is 17.5 Å². The summed E-state index contributed by atoms with van der Waals surface area (Å²) in [6.07, 6.45) is -0.581. The topological polar surface area (TPSA) is 113 Å². The first-order chi connectivity index (χ1) is 12.0. The molecule has 0 aliphatic heterocycles. The third kappa shape index (κ3) is 7.41. The van der Waals surface area contributed by atoms with Gasteiger partial charge in [0.05, 0.1) is 12.3 Å². The number of nitrogens with zero attached hydrogens (tertiary/aromatic N) is 2. The number of nitrogens with one attached hydrogen (secondary N) is 2. The van der Waals surface area contributed by atoms with E-state index in [4.69, 9.17) is 15.7 Å². The first-order valence-electron chi connectivity index (χ1n) is 7.22. The second-order valence-corrected chi connectivity index (χ2v) is 4.75. The summed E-state index contributed by atoms with van der Waals surface area (Å²) in [5.41, 5.74) is 7.08. The van der Waals surface area contributed by atoms with Crippen LogP contribution in [0.1, 0.15) is 12.5 Å². The molecule has 25 heavy (non-hydrogen) atoms. The summed E-state index contributed by atoms with van der Waals surface area (Å²) in [4.78, 5) is 15.5. The van der Waals surface area contributed by atoms with Gasteiger partial charge in [-0.1, -0.05) is 24.8 Å². The number of amides is 1. The van der Waals surface area contributed by atoms with Crippen LogP contribution in [0.2, 0.25) is 0 Å². The summed E-state index contributed by atoms with van der Waals surface area (Å²) < 4.78 is 17.6. The molecule has 0 unspecified atom stereocenters. The molecule has 0 radical (unpaired) electrons. The number of carbonyl (C=O) groups excluding carboxylic acids is 1. The maximum absolute atomic E-state index is 12.8. The molecule has 0 fully saturated rings. The predicted octanol–water partition coefficient (Wildman–Crippen LogP) is 3.38. The van der Waals surface area contributed by atoms with Crippen LogP contribution in [0, 0.1) is 16.5 Å². The smallest absolute Gasteiger partial charge is 0.411 e. The molecule has 9 heteroatoms. The number of carbonyl (C=O) groups is 1. The van der Waals surface area contributed by atoms with Gasteiger partial charge in [0.15, 0.2) is 0 Å². The van der Waals surface area contributed by atoms with E-state index >= 15 is 0 Å². The Morgan fingerprint density at radius 3 is 2.56 bits per heavy atom. The van der Waals surface area contributed by atoms with E-state index in [0.717, 1.165) is 5.56 Å². The molecule has 0 saturated carbocycles. The number of rotatable bonds is 5. The number of nitrogens with two attached hydrogens (primary N) is 1. The van der Waals surface area contributed by atoms with E-state index in [1.54, 1.807) is 31.2 Å². The molecule has 2 rings (SSSR count). The normalized spacial score (nSPS) is 9.20. The lowest BCUT2D eigenvalue weighted by molar-refractivity contribution is 0.168. The molecule has 1 aromatic heterocycles. The van der Waals surface area contributed by atoms with Gasteiger partial charge in [0.1, 0.15) is 22.9 Å². The molecule has 0 atom stereocenters. The lowest BCUT2D eigenvalue weighted by atomic mass is 10.2. The molecule has 1 aromatic carbocycles. The fraction of sp³-hybridized carbons (Fsp3) is 0.188. The number of nitriles is 1. The number of thiocyanates is 1. The highest BCUT2D eigenvalue weighted by Crippen LogP contribution is 2.19. The number of ether oxygens (including phenoxy) is 1. The van der Waals surface area contributed by atoms with Crippen molar-refractivity contribution in [2.24, 2.45) is 0 Å². The SMILES string of the molecule is CCOC(=O)Nc1ccc(NCc2ccc(F)cc2)nc1N.N#CS. The fourth-order valence-corrected chi connectivity index (χ4v) is 1.75. The number of thiol groups is 1. The number of hydrogen-bond donors (Lipinski definition) is 4. The minimum Gasteiger partial charge on any atom is -0.450 e. The summed E-state index contributed by atoms with van der Waals surface area (Å²) in [6.45, 7) is 2.47. The van der Waals surface area contributed by atoms with E-state index in [-0.39, 0.29) is 18.2 Å². The van der Waals surface area contributed by atoms with Gasteiger partial charge in [-0.15, -0.1) is 0 Å². The first kappa shape index (κ1) is 20.1. The number of pyridine rings is 1. The third-order valence-corrected chi connectivity index (χ3v) is 2.82. The zero-order valence-electron chi connectivity index (χ0n) is 13.5. The maximum atomic E-state index is 12.8. The minimum absolute atomic E-state index is 0.178. The van der Waals surface area contributed by atoms with E-state index < -0.39 is 6.09 Å². The Morgan fingerprint density at radius 1 is 1.36 bits per heavy atom. The highest BCUT2D eigenvalue weighted by Gasteiger charge is 2.07. The first-order valence-corrected chi connectivity index (χ1v) is 7.66. The van der Waals surface area contributed by atoms with E-state index in [2.05, 4.69) is 28.2 Å². The molecule has 7 nitrogen and oxygen atoms in total. The molecule has 0 spiro atoms. The van der Waals surface area contributed by atoms with Crippen molar-refractivity contribution in [3.8, 4) is 5.40 Å². The molecule has 0 aliphatic carbocycles. The van der Waals surface area contributed by atoms with Crippen LogP contribution in [0.4, 0.5) is 26.5 Å². The summed E-state index contributed by atoms with van der Waals surface area (Å²) in [5, 5.41) is 14.2. The minimum atomic E-state index is -0.581. The lowest BCUT2D eigenvalue weighted by Crippen LogP contribution is -2.15. The van der Waals surface area contributed by atoms with Gasteiger partial charge >= 0.3 is 6.09 Å². The van der Waals surface area contributed by atoms with Crippen LogP contribution < -0.4 is 16.4 Å². The summed E-state index contributed by atoms with van der Waals surface area (Å²) in [5.74, 6) is 0.453. The molecule has 1 amide bonds. The number of benzene rings is 1. The van der Waals surface area contributed by atoms with Crippen molar-refractivity contribution in [1.29, 1.82) is 5.26 Å². The Kier molecular flexibility index (Phi) is 8.60. The van der Waals surface area contributed by atoms with Crippen LogP contribution in [0.5, 0.6) is 0 Å². The maximum Gasteiger partial charge on any atom is 0.411 e. The summed E-state index contributed by atoms with van der Waals surface area (Å²) in [6, 6.07) is 9.47. The van der Waals surface area contributed by atoms with Gasteiger partial charge in [0, 0.05) is 6.54 Å². The standard InChI is InChI=1S/C15H17FN4O2.CHNS/c1-2-22-15(21)19-12-7-8-13(20-14(12)17)18-9-10-3-5-11(16)6-4-10;2-1-3/h3-8H,2,9H2,1H3,(H,19,21)(H3,17,18,20);3H. The van der Waals surface area contributed by atoms with Crippen LogP contribution in [0.25, 0.3) is 0 Å². The van der Waals surface area contributed by atoms with Gasteiger partial charge in [-0.25, -0.2) is 14.2 Å². The number of anilines is 3. The van der Waals surface area contributed by atoms with Crippen molar-refractivity contribution in [2.45, 2.75) is 13.5 Å². The van der Waals surface area contributed by atoms with Gasteiger partial charge < -0.3 is 15.8 Å². The van der Waals surface area contributed by atoms with E-state index in [1.807, 2.05) is 0 Å². The summed E-state index contributed by atoms with van der Waals surface area (Å²) in [7, 11) is 0. The highest BCUT2D eigenvalue weighted by molar-refractivity contribution is 7.85. The number of aromatic nitrogens is 1. The van der Waals surface area contributed by atoms with Crippen LogP contribution in [-0.2, 0) is 11.3 Å². The second kappa shape index (κ2) is 10.7. The fourth-order valence-electron chi connectivity index (χ4n) is 1.75. The monoisotopic (exact) mass is 363 g/mol. The Labute approximate surface area is 150 Å². The predicted molar refractivity (Wildman–Crippen MR) is 97.6 cm³/mol. The van der Waals surface area contributed by atoms with Crippen LogP contribution in [-0.4, -0.2) is 17.7 Å². The van der Waals surface area contributed by atoms with Gasteiger partial charge in [-0.2, -0.15) is 5.26 Å². The quantitative estimate of drug-likeness (QED) is 0.478. The zero-order chi connectivity index (χ0) is 18.7. The molecule has 2 aromatic rings. The van der Waals surface area contributed by atoms with Gasteiger partial charge in [0.25, 0.3) is 0 Å². The van der Waals surface area contributed by atoms with Gasteiger partial charge in [-0.3, -0.25) is 5.32 Å². The molecule has 1 heterocycles. The van der Waals surface area contributed by atoms with Crippen molar-refractivity contribution >= 4 is 36.0 Å². The largest absolute Gasteiger partial charge is 0.450 e. The lowest BCUT2D eigenvalue weighted by Gasteiger charge is -2.10. The Bertz CT molecular complexity index is 734. The molecular formula is C16H18FN5O2S. The Hall–Kier alpha value is -2.99. The molecule has 0 bridgehead atoms. The van der Waals surface area contributed by atoms with Crippen LogP contribution in [0.15, 0.2) is 36.4 Å².